The van der Waals surface area contributed by atoms with Gasteiger partial charge < -0.3 is 13.6 Å². The number of anilines is 6. The van der Waals surface area contributed by atoms with Gasteiger partial charge in [0.05, 0.1) is 22.8 Å². The molecule has 0 atom stereocenters. The fourth-order valence-electron chi connectivity index (χ4n) is 7.58. The van der Waals surface area contributed by atoms with Crippen LogP contribution in [0.15, 0.2) is 162 Å². The van der Waals surface area contributed by atoms with Crippen molar-refractivity contribution in [3.8, 4) is 22.5 Å². The Morgan fingerprint density at radius 3 is 1.17 bits per heavy atom. The minimum absolute atomic E-state index is 0.820. The molecule has 9 rings (SSSR count). The fraction of sp³-hybridized carbons (Fsp3) is 0.0870. The molecule has 0 bridgehead atoms. The average molecular weight is 691 g/mol. The summed E-state index contributed by atoms with van der Waals surface area (Å²) in [6, 6.07) is 54.5. The van der Waals surface area contributed by atoms with E-state index in [1.54, 1.807) is 0 Å². The van der Waals surface area contributed by atoms with Gasteiger partial charge in [-0.05, 0) is 74.5 Å². The first-order chi connectivity index (χ1) is 26.0. The second kappa shape index (κ2) is 13.0. The third kappa shape index (κ3) is 5.54. The quantitative estimate of drug-likeness (QED) is 0.159. The standard InChI is InChI=1S/C46H38N6O/c1-31-43(33-17-9-5-10-18-33)49(3)45(47-31)51(35-21-13-7-14-22-35)37-25-27-41-39(29-37)40-30-38(26-28-42(40)53-41)52(36-23-15-8-16-24-36)46-48-32(2)44(50(46)4)34-19-11-6-12-20-34/h5-30H,1-4H3. The molecule has 3 heterocycles. The normalized spacial score (nSPS) is 11.4. The lowest BCUT2D eigenvalue weighted by atomic mass is 10.1. The molecule has 0 spiro atoms. The zero-order chi connectivity index (χ0) is 36.1. The summed E-state index contributed by atoms with van der Waals surface area (Å²) in [6.45, 7) is 4.15. The molecule has 0 aliphatic heterocycles. The molecule has 3 aromatic heterocycles. The molecule has 53 heavy (non-hydrogen) atoms. The Morgan fingerprint density at radius 2 is 0.792 bits per heavy atom. The van der Waals surface area contributed by atoms with E-state index in [4.69, 9.17) is 14.4 Å². The van der Waals surface area contributed by atoms with Crippen LogP contribution < -0.4 is 9.80 Å². The van der Waals surface area contributed by atoms with Crippen LogP contribution in [0.2, 0.25) is 0 Å². The van der Waals surface area contributed by atoms with Crippen LogP contribution in [0.3, 0.4) is 0 Å². The van der Waals surface area contributed by atoms with Crippen LogP contribution >= 0.6 is 0 Å². The van der Waals surface area contributed by atoms with Gasteiger partial charge in [-0.3, -0.25) is 9.80 Å². The number of benzene rings is 6. The monoisotopic (exact) mass is 690 g/mol. The van der Waals surface area contributed by atoms with E-state index in [-0.39, 0.29) is 0 Å². The SMILES string of the molecule is Cc1nc(N(c2ccccc2)c2ccc3oc4ccc(N(c5ccccc5)c5nc(C)c(-c6ccccc6)n5C)cc4c3c2)n(C)c1-c1ccccc1. The molecule has 0 saturated carbocycles. The average Bonchev–Trinajstić information content (AvgIpc) is 3.81. The molecular weight excluding hydrogens is 653 g/mol. The number of rotatable bonds is 8. The molecule has 7 heteroatoms. The number of fused-ring (bicyclic) bond motifs is 3. The molecular formula is C46H38N6O. The zero-order valence-corrected chi connectivity index (χ0v) is 30.1. The van der Waals surface area contributed by atoms with Crippen molar-refractivity contribution in [1.29, 1.82) is 0 Å². The van der Waals surface area contributed by atoms with Crippen molar-refractivity contribution in [3.05, 3.63) is 169 Å². The highest BCUT2D eigenvalue weighted by atomic mass is 16.3. The lowest BCUT2D eigenvalue weighted by molar-refractivity contribution is 0.669. The highest BCUT2D eigenvalue weighted by Gasteiger charge is 2.25. The van der Waals surface area contributed by atoms with Gasteiger partial charge in [-0.15, -0.1) is 0 Å². The van der Waals surface area contributed by atoms with Gasteiger partial charge in [-0.2, -0.15) is 0 Å². The van der Waals surface area contributed by atoms with Gasteiger partial charge in [-0.25, -0.2) is 9.97 Å². The van der Waals surface area contributed by atoms with E-state index in [1.165, 1.54) is 0 Å². The Labute approximate surface area is 308 Å². The summed E-state index contributed by atoms with van der Waals surface area (Å²) in [4.78, 5) is 14.8. The molecule has 7 nitrogen and oxygen atoms in total. The topological polar surface area (TPSA) is 55.3 Å². The Bertz CT molecular complexity index is 2520. The molecule has 258 valence electrons. The van der Waals surface area contributed by atoms with Crippen LogP contribution in [-0.4, -0.2) is 19.1 Å². The smallest absolute Gasteiger partial charge is 0.215 e. The van der Waals surface area contributed by atoms with Gasteiger partial charge in [-0.1, -0.05) is 97.1 Å². The summed E-state index contributed by atoms with van der Waals surface area (Å²) in [5.74, 6) is 1.66. The van der Waals surface area contributed by atoms with Gasteiger partial charge >= 0.3 is 0 Å². The maximum atomic E-state index is 6.48. The summed E-state index contributed by atoms with van der Waals surface area (Å²) in [5, 5.41) is 2.03. The Morgan fingerprint density at radius 1 is 0.434 bits per heavy atom. The van der Waals surface area contributed by atoms with E-state index < -0.39 is 0 Å². The Kier molecular flexibility index (Phi) is 7.89. The van der Waals surface area contributed by atoms with Crippen molar-refractivity contribution in [2.45, 2.75) is 13.8 Å². The third-order valence-electron chi connectivity index (χ3n) is 9.97. The lowest BCUT2D eigenvalue weighted by Gasteiger charge is -2.25. The Balaban J connectivity index is 1.21. The van der Waals surface area contributed by atoms with Crippen molar-refractivity contribution in [2.24, 2.45) is 14.1 Å². The number of hydrogen-bond acceptors (Lipinski definition) is 5. The second-order valence-corrected chi connectivity index (χ2v) is 13.3. The summed E-state index contributed by atoms with van der Waals surface area (Å²) in [6.07, 6.45) is 0. The first kappa shape index (κ1) is 32.1. The van der Waals surface area contributed by atoms with Crippen LogP contribution in [-0.2, 0) is 14.1 Å². The maximum absolute atomic E-state index is 6.48. The van der Waals surface area contributed by atoms with Crippen molar-refractivity contribution < 1.29 is 4.42 Å². The summed E-state index contributed by atoms with van der Waals surface area (Å²) < 4.78 is 10.8. The van der Waals surface area contributed by atoms with E-state index >= 15 is 0 Å². The maximum Gasteiger partial charge on any atom is 0.215 e. The summed E-state index contributed by atoms with van der Waals surface area (Å²) in [5.41, 5.74) is 12.0. The molecule has 0 N–H and O–H groups in total. The van der Waals surface area contributed by atoms with Gasteiger partial charge in [0.2, 0.25) is 11.9 Å². The summed E-state index contributed by atoms with van der Waals surface area (Å²) >= 11 is 0. The summed E-state index contributed by atoms with van der Waals surface area (Å²) in [7, 11) is 4.18. The predicted molar refractivity (Wildman–Crippen MR) is 217 cm³/mol. The molecule has 0 unspecified atom stereocenters. The van der Waals surface area contributed by atoms with Crippen molar-refractivity contribution in [1.82, 2.24) is 19.1 Å². The lowest BCUT2D eigenvalue weighted by Crippen LogP contribution is -2.15. The molecule has 0 aliphatic carbocycles. The number of imidazole rings is 2. The van der Waals surface area contributed by atoms with Crippen LogP contribution in [0.5, 0.6) is 0 Å². The molecule has 0 amide bonds. The number of hydrogen-bond donors (Lipinski definition) is 0. The van der Waals surface area contributed by atoms with Gasteiger partial charge in [0.15, 0.2) is 0 Å². The predicted octanol–water partition coefficient (Wildman–Crippen LogP) is 11.9. The van der Waals surface area contributed by atoms with E-state index in [2.05, 4.69) is 180 Å². The Hall–Kier alpha value is -6.86. The van der Waals surface area contributed by atoms with Gasteiger partial charge in [0.25, 0.3) is 0 Å². The molecule has 0 fully saturated rings. The number of para-hydroxylation sites is 2. The van der Waals surface area contributed by atoms with Crippen molar-refractivity contribution in [3.63, 3.8) is 0 Å². The number of aromatic nitrogens is 4. The minimum Gasteiger partial charge on any atom is -0.456 e. The second-order valence-electron chi connectivity index (χ2n) is 13.3. The highest BCUT2D eigenvalue weighted by molar-refractivity contribution is 6.08. The number of aryl methyl sites for hydroxylation is 2. The third-order valence-corrected chi connectivity index (χ3v) is 9.97. The van der Waals surface area contributed by atoms with E-state index in [1.807, 2.05) is 24.3 Å². The molecule has 9 aromatic rings. The van der Waals surface area contributed by atoms with E-state index in [0.717, 1.165) is 90.5 Å². The number of nitrogens with zero attached hydrogens (tertiary/aromatic N) is 6. The first-order valence-corrected chi connectivity index (χ1v) is 17.8. The van der Waals surface area contributed by atoms with Gasteiger partial charge in [0.1, 0.15) is 11.2 Å². The van der Waals surface area contributed by atoms with Crippen LogP contribution in [0.25, 0.3) is 44.5 Å². The molecule has 0 aliphatic rings. The van der Waals surface area contributed by atoms with Crippen LogP contribution in [0, 0.1) is 13.8 Å². The van der Waals surface area contributed by atoms with Gasteiger partial charge in [0, 0.05) is 58.7 Å². The molecule has 0 saturated heterocycles. The fourth-order valence-corrected chi connectivity index (χ4v) is 7.58. The minimum atomic E-state index is 0.820. The van der Waals surface area contributed by atoms with Crippen molar-refractivity contribution in [2.75, 3.05) is 9.80 Å². The van der Waals surface area contributed by atoms with Crippen molar-refractivity contribution >= 4 is 56.6 Å². The van der Waals surface area contributed by atoms with E-state index in [9.17, 15) is 0 Å². The largest absolute Gasteiger partial charge is 0.456 e. The highest BCUT2D eigenvalue weighted by Crippen LogP contribution is 2.43. The molecule has 0 radical (unpaired) electrons. The van der Waals surface area contributed by atoms with Crippen LogP contribution in [0.4, 0.5) is 34.6 Å². The zero-order valence-electron chi connectivity index (χ0n) is 30.1. The van der Waals surface area contributed by atoms with Crippen LogP contribution in [0.1, 0.15) is 11.4 Å². The number of furan rings is 1. The molecule has 6 aromatic carbocycles. The first-order valence-electron chi connectivity index (χ1n) is 17.8. The van der Waals surface area contributed by atoms with E-state index in [0.29, 0.717) is 0 Å².